The van der Waals surface area contributed by atoms with Crippen LogP contribution in [0.5, 0.6) is 0 Å². The molecule has 1 aliphatic heterocycles. The summed E-state index contributed by atoms with van der Waals surface area (Å²) >= 11 is 0. The molecule has 0 aromatic heterocycles. The molecule has 1 rings (SSSR count). The summed E-state index contributed by atoms with van der Waals surface area (Å²) in [6.07, 6.45) is 1.32. The molecule has 1 heterocycles. The first-order valence-electron chi connectivity index (χ1n) is 6.97. The third-order valence-corrected chi connectivity index (χ3v) is 3.02. The van der Waals surface area contributed by atoms with E-state index in [1.165, 1.54) is 0 Å². The van der Waals surface area contributed by atoms with Gasteiger partial charge in [0.1, 0.15) is 5.60 Å². The minimum atomic E-state index is -0.459. The molecule has 0 bridgehead atoms. The number of nitrogens with one attached hydrogen (secondary N) is 1. The summed E-state index contributed by atoms with van der Waals surface area (Å²) in [5.74, 6) is 0.0830. The van der Waals surface area contributed by atoms with Gasteiger partial charge in [0, 0.05) is 25.0 Å². The van der Waals surface area contributed by atoms with Crippen LogP contribution in [-0.2, 0) is 9.53 Å². The maximum Gasteiger partial charge on any atom is 0.410 e. The summed E-state index contributed by atoms with van der Waals surface area (Å²) in [4.78, 5) is 25.2. The Morgan fingerprint density at radius 3 is 2.16 bits per heavy atom. The van der Waals surface area contributed by atoms with Gasteiger partial charge in [0.25, 0.3) is 0 Å². The van der Waals surface area contributed by atoms with Gasteiger partial charge >= 0.3 is 6.09 Å². The van der Waals surface area contributed by atoms with Crippen LogP contribution >= 0.6 is 0 Å². The lowest BCUT2D eigenvalue weighted by Gasteiger charge is -2.33. The highest BCUT2D eigenvalue weighted by Gasteiger charge is 2.27. The second kappa shape index (κ2) is 6.26. The molecule has 0 unspecified atom stereocenters. The smallest absolute Gasteiger partial charge is 0.410 e. The minimum absolute atomic E-state index is 0.00360. The number of rotatable bonds is 2. The van der Waals surface area contributed by atoms with Gasteiger partial charge < -0.3 is 15.0 Å². The van der Waals surface area contributed by atoms with Crippen molar-refractivity contribution in [2.45, 2.75) is 59.1 Å². The number of likely N-dealkylation sites (tertiary alicyclic amines) is 1. The summed E-state index contributed by atoms with van der Waals surface area (Å²) in [7, 11) is 0. The van der Waals surface area contributed by atoms with E-state index < -0.39 is 5.60 Å². The van der Waals surface area contributed by atoms with E-state index in [-0.39, 0.29) is 24.0 Å². The molecule has 1 fully saturated rings. The fraction of sp³-hybridized carbons (Fsp3) is 0.857. The maximum absolute atomic E-state index is 11.9. The fourth-order valence-corrected chi connectivity index (χ4v) is 1.90. The van der Waals surface area contributed by atoms with Crippen molar-refractivity contribution in [3.63, 3.8) is 0 Å². The van der Waals surface area contributed by atoms with Crippen LogP contribution in [0.25, 0.3) is 0 Å². The van der Waals surface area contributed by atoms with Crippen molar-refractivity contribution in [3.05, 3.63) is 0 Å². The van der Waals surface area contributed by atoms with Gasteiger partial charge in [-0.15, -0.1) is 0 Å². The number of hydrogen-bond acceptors (Lipinski definition) is 3. The molecule has 110 valence electrons. The van der Waals surface area contributed by atoms with Crippen LogP contribution in [0.15, 0.2) is 0 Å². The largest absolute Gasteiger partial charge is 0.444 e. The Morgan fingerprint density at radius 2 is 1.74 bits per heavy atom. The zero-order valence-electron chi connectivity index (χ0n) is 12.7. The van der Waals surface area contributed by atoms with Gasteiger partial charge in [-0.2, -0.15) is 0 Å². The van der Waals surface area contributed by atoms with Crippen LogP contribution < -0.4 is 5.32 Å². The van der Waals surface area contributed by atoms with Gasteiger partial charge in [0.2, 0.25) is 5.91 Å². The Morgan fingerprint density at radius 1 is 1.21 bits per heavy atom. The molecule has 0 atom stereocenters. The molecular formula is C14H26N2O3. The summed E-state index contributed by atoms with van der Waals surface area (Å²) in [5.41, 5.74) is -0.459. The molecule has 5 nitrogen and oxygen atoms in total. The average molecular weight is 270 g/mol. The predicted octanol–water partition coefficient (Wildman–Crippen LogP) is 2.16. The standard InChI is InChI=1S/C14H26N2O3/c1-10(2)12(17)15-11-6-8-16(9-7-11)13(18)19-14(3,4)5/h10-11H,6-9H2,1-5H3,(H,15,17). The summed E-state index contributed by atoms with van der Waals surface area (Å²) in [6.45, 7) is 10.6. The van der Waals surface area contributed by atoms with Gasteiger partial charge in [-0.05, 0) is 33.6 Å². The zero-order chi connectivity index (χ0) is 14.6. The molecule has 0 aromatic carbocycles. The van der Waals surface area contributed by atoms with E-state index in [2.05, 4.69) is 5.32 Å². The predicted molar refractivity (Wildman–Crippen MR) is 73.8 cm³/mol. The molecule has 2 amide bonds. The number of ether oxygens (including phenoxy) is 1. The number of carbonyl (C=O) groups is 2. The van der Waals surface area contributed by atoms with Crippen molar-refractivity contribution in [1.82, 2.24) is 10.2 Å². The molecule has 0 radical (unpaired) electrons. The summed E-state index contributed by atoms with van der Waals surface area (Å²) in [6, 6.07) is 0.175. The maximum atomic E-state index is 11.9. The van der Waals surface area contributed by atoms with Crippen molar-refractivity contribution < 1.29 is 14.3 Å². The van der Waals surface area contributed by atoms with Crippen molar-refractivity contribution in [2.75, 3.05) is 13.1 Å². The molecule has 0 saturated carbocycles. The molecule has 1 aliphatic rings. The number of piperidine rings is 1. The first-order chi connectivity index (χ1) is 8.69. The van der Waals surface area contributed by atoms with Crippen molar-refractivity contribution in [2.24, 2.45) is 5.92 Å². The number of nitrogens with zero attached hydrogens (tertiary/aromatic N) is 1. The second-order valence-corrected chi connectivity index (χ2v) is 6.40. The van der Waals surface area contributed by atoms with Gasteiger partial charge in [-0.1, -0.05) is 13.8 Å². The fourth-order valence-electron chi connectivity index (χ4n) is 1.90. The summed E-state index contributed by atoms with van der Waals surface area (Å²) < 4.78 is 5.33. The molecule has 19 heavy (non-hydrogen) atoms. The Bertz CT molecular complexity index is 326. The highest BCUT2D eigenvalue weighted by molar-refractivity contribution is 5.78. The number of carbonyl (C=O) groups excluding carboxylic acids is 2. The van der Waals surface area contributed by atoms with Crippen LogP contribution in [-0.4, -0.2) is 41.6 Å². The SMILES string of the molecule is CC(C)C(=O)NC1CCN(C(=O)OC(C)(C)C)CC1. The monoisotopic (exact) mass is 270 g/mol. The molecule has 1 N–H and O–H groups in total. The third kappa shape index (κ3) is 5.49. The lowest BCUT2D eigenvalue weighted by Crippen LogP contribution is -2.48. The van der Waals surface area contributed by atoms with Crippen LogP contribution in [0.3, 0.4) is 0 Å². The number of amides is 2. The highest BCUT2D eigenvalue weighted by atomic mass is 16.6. The minimum Gasteiger partial charge on any atom is -0.444 e. The van der Waals surface area contributed by atoms with Gasteiger partial charge in [-0.25, -0.2) is 4.79 Å². The van der Waals surface area contributed by atoms with Crippen LogP contribution in [0.1, 0.15) is 47.5 Å². The van der Waals surface area contributed by atoms with Crippen molar-refractivity contribution in [1.29, 1.82) is 0 Å². The first-order valence-corrected chi connectivity index (χ1v) is 6.97. The summed E-state index contributed by atoms with van der Waals surface area (Å²) in [5, 5.41) is 3.01. The lowest BCUT2D eigenvalue weighted by molar-refractivity contribution is -0.125. The van der Waals surface area contributed by atoms with Gasteiger partial charge in [-0.3, -0.25) is 4.79 Å². The Hall–Kier alpha value is -1.26. The molecule has 0 spiro atoms. The molecule has 0 aliphatic carbocycles. The van der Waals surface area contributed by atoms with Crippen LogP contribution in [0, 0.1) is 5.92 Å². The molecule has 1 saturated heterocycles. The molecular weight excluding hydrogens is 244 g/mol. The van der Waals surface area contributed by atoms with Gasteiger partial charge in [0.15, 0.2) is 0 Å². The van der Waals surface area contributed by atoms with E-state index in [0.717, 1.165) is 12.8 Å². The second-order valence-electron chi connectivity index (χ2n) is 6.40. The van der Waals surface area contributed by atoms with E-state index in [9.17, 15) is 9.59 Å². The molecule has 0 aromatic rings. The topological polar surface area (TPSA) is 58.6 Å². The van der Waals surface area contributed by atoms with Crippen molar-refractivity contribution in [3.8, 4) is 0 Å². The average Bonchev–Trinajstić information content (AvgIpc) is 2.27. The first kappa shape index (κ1) is 15.8. The Balaban J connectivity index is 2.37. The van der Waals surface area contributed by atoms with Crippen LogP contribution in [0.2, 0.25) is 0 Å². The van der Waals surface area contributed by atoms with Gasteiger partial charge in [0.05, 0.1) is 0 Å². The quantitative estimate of drug-likeness (QED) is 0.836. The normalized spacial score (nSPS) is 17.5. The zero-order valence-corrected chi connectivity index (χ0v) is 12.7. The molecule has 5 heteroatoms. The van der Waals surface area contributed by atoms with E-state index in [1.807, 2.05) is 34.6 Å². The third-order valence-electron chi connectivity index (χ3n) is 3.02. The number of hydrogen-bond donors (Lipinski definition) is 1. The highest BCUT2D eigenvalue weighted by Crippen LogP contribution is 2.15. The Labute approximate surface area is 115 Å². The van der Waals surface area contributed by atoms with Crippen molar-refractivity contribution >= 4 is 12.0 Å². The lowest BCUT2D eigenvalue weighted by atomic mass is 10.0. The van der Waals surface area contributed by atoms with E-state index in [0.29, 0.717) is 13.1 Å². The van der Waals surface area contributed by atoms with Crippen LogP contribution in [0.4, 0.5) is 4.79 Å². The van der Waals surface area contributed by atoms with E-state index in [4.69, 9.17) is 4.74 Å². The van der Waals surface area contributed by atoms with E-state index >= 15 is 0 Å². The van der Waals surface area contributed by atoms with E-state index in [1.54, 1.807) is 4.90 Å². The Kier molecular flexibility index (Phi) is 5.20.